The first-order valence-electron chi connectivity index (χ1n) is 9.16. The van der Waals surface area contributed by atoms with E-state index in [1.165, 1.54) is 12.1 Å². The summed E-state index contributed by atoms with van der Waals surface area (Å²) in [5.41, 5.74) is 2.40. The third-order valence-corrected chi connectivity index (χ3v) is 4.98. The molecule has 3 aromatic rings. The van der Waals surface area contributed by atoms with Gasteiger partial charge in [0.2, 0.25) is 0 Å². The quantitative estimate of drug-likeness (QED) is 0.717. The Hall–Kier alpha value is -2.99. The highest BCUT2D eigenvalue weighted by Gasteiger charge is 2.22. The van der Waals surface area contributed by atoms with Crippen LogP contribution in [0.4, 0.5) is 20.2 Å². The first kappa shape index (κ1) is 18.4. The SMILES string of the molecule is Cc1cccc2c(Nc3ccc(F)cc3F)ccc(C(=O)N3CCOCC3)c12. The number of nitrogens with zero attached hydrogens (tertiary/aromatic N) is 1. The van der Waals surface area contributed by atoms with Crippen molar-refractivity contribution in [3.8, 4) is 0 Å². The minimum Gasteiger partial charge on any atom is -0.378 e. The zero-order chi connectivity index (χ0) is 19.7. The Labute approximate surface area is 161 Å². The number of nitrogens with one attached hydrogen (secondary N) is 1. The van der Waals surface area contributed by atoms with E-state index in [0.717, 1.165) is 22.4 Å². The maximum Gasteiger partial charge on any atom is 0.254 e. The van der Waals surface area contributed by atoms with E-state index in [1.54, 1.807) is 17.0 Å². The number of halogens is 2. The maximum atomic E-state index is 14.1. The summed E-state index contributed by atoms with van der Waals surface area (Å²) >= 11 is 0. The van der Waals surface area contributed by atoms with Crippen molar-refractivity contribution in [2.45, 2.75) is 6.92 Å². The van der Waals surface area contributed by atoms with Crippen molar-refractivity contribution >= 4 is 28.1 Å². The predicted octanol–water partition coefficient (Wildman–Crippen LogP) is 4.64. The summed E-state index contributed by atoms with van der Waals surface area (Å²) in [4.78, 5) is 14.9. The lowest BCUT2D eigenvalue weighted by Gasteiger charge is -2.27. The number of carbonyl (C=O) groups is 1. The standard InChI is InChI=1S/C22H20F2N2O2/c1-14-3-2-4-16-19(25-20-7-5-15(23)13-18(20)24)8-6-17(21(14)16)22(27)26-9-11-28-12-10-26/h2-8,13,25H,9-12H2,1H3. The number of amides is 1. The Bertz CT molecular complexity index is 1050. The molecule has 0 atom stereocenters. The summed E-state index contributed by atoms with van der Waals surface area (Å²) in [6.45, 7) is 4.14. The van der Waals surface area contributed by atoms with Crippen LogP contribution in [0.5, 0.6) is 0 Å². The molecule has 28 heavy (non-hydrogen) atoms. The monoisotopic (exact) mass is 382 g/mol. The second kappa shape index (κ2) is 7.56. The molecule has 4 rings (SSSR count). The van der Waals surface area contributed by atoms with Gasteiger partial charge in [-0.25, -0.2) is 8.78 Å². The fourth-order valence-electron chi connectivity index (χ4n) is 3.55. The number of ether oxygens (including phenoxy) is 1. The molecule has 1 amide bonds. The molecule has 4 nitrogen and oxygen atoms in total. The second-order valence-corrected chi connectivity index (χ2v) is 6.81. The normalized spacial score (nSPS) is 14.3. The van der Waals surface area contributed by atoms with Gasteiger partial charge in [-0.15, -0.1) is 0 Å². The summed E-state index contributed by atoms with van der Waals surface area (Å²) in [5, 5.41) is 4.66. The fourth-order valence-corrected chi connectivity index (χ4v) is 3.55. The summed E-state index contributed by atoms with van der Waals surface area (Å²) in [7, 11) is 0. The molecule has 0 unspecified atom stereocenters. The van der Waals surface area contributed by atoms with E-state index in [2.05, 4.69) is 5.32 Å². The van der Waals surface area contributed by atoms with Gasteiger partial charge in [0, 0.05) is 35.8 Å². The van der Waals surface area contributed by atoms with E-state index in [4.69, 9.17) is 4.74 Å². The molecule has 0 radical (unpaired) electrons. The van der Waals surface area contributed by atoms with Gasteiger partial charge in [-0.1, -0.05) is 18.2 Å². The number of carbonyl (C=O) groups excluding carboxylic acids is 1. The number of morpholine rings is 1. The molecule has 6 heteroatoms. The molecular weight excluding hydrogens is 362 g/mol. The van der Waals surface area contributed by atoms with Gasteiger partial charge in [0.25, 0.3) is 5.91 Å². The molecule has 1 N–H and O–H groups in total. The lowest BCUT2D eigenvalue weighted by molar-refractivity contribution is 0.0304. The minimum atomic E-state index is -0.672. The van der Waals surface area contributed by atoms with Crippen molar-refractivity contribution in [1.82, 2.24) is 4.90 Å². The topological polar surface area (TPSA) is 41.6 Å². The van der Waals surface area contributed by atoms with Gasteiger partial charge in [-0.3, -0.25) is 4.79 Å². The van der Waals surface area contributed by atoms with Crippen LogP contribution in [0.3, 0.4) is 0 Å². The van der Waals surface area contributed by atoms with Gasteiger partial charge in [0.1, 0.15) is 11.6 Å². The van der Waals surface area contributed by atoms with E-state index < -0.39 is 11.6 Å². The zero-order valence-electron chi connectivity index (χ0n) is 15.5. The smallest absolute Gasteiger partial charge is 0.254 e. The summed E-state index contributed by atoms with van der Waals surface area (Å²) in [5.74, 6) is -1.34. The van der Waals surface area contributed by atoms with Gasteiger partial charge in [-0.2, -0.15) is 0 Å². The van der Waals surface area contributed by atoms with Crippen molar-refractivity contribution in [3.05, 3.63) is 71.3 Å². The molecule has 0 aromatic heterocycles. The average molecular weight is 382 g/mol. The molecule has 1 heterocycles. The predicted molar refractivity (Wildman–Crippen MR) is 105 cm³/mol. The Morgan fingerprint density at radius 3 is 2.54 bits per heavy atom. The van der Waals surface area contributed by atoms with Gasteiger partial charge < -0.3 is 15.0 Å². The van der Waals surface area contributed by atoms with Crippen molar-refractivity contribution in [1.29, 1.82) is 0 Å². The number of benzene rings is 3. The van der Waals surface area contributed by atoms with Gasteiger partial charge in [-0.05, 0) is 42.1 Å². The van der Waals surface area contributed by atoms with Crippen LogP contribution in [-0.4, -0.2) is 37.1 Å². The third-order valence-electron chi connectivity index (χ3n) is 4.98. The Kier molecular flexibility index (Phi) is 4.96. The third kappa shape index (κ3) is 3.43. The molecule has 1 aliphatic rings. The number of hydrogen-bond acceptors (Lipinski definition) is 3. The van der Waals surface area contributed by atoms with E-state index in [-0.39, 0.29) is 11.6 Å². The van der Waals surface area contributed by atoms with Crippen molar-refractivity contribution in [2.75, 3.05) is 31.6 Å². The number of hydrogen-bond donors (Lipinski definition) is 1. The van der Waals surface area contributed by atoms with E-state index >= 15 is 0 Å². The van der Waals surface area contributed by atoms with Crippen LogP contribution in [0.2, 0.25) is 0 Å². The number of fused-ring (bicyclic) bond motifs is 1. The van der Waals surface area contributed by atoms with E-state index in [0.29, 0.717) is 37.6 Å². The molecule has 1 aliphatic heterocycles. The molecule has 1 saturated heterocycles. The van der Waals surface area contributed by atoms with Crippen LogP contribution < -0.4 is 5.32 Å². The summed E-state index contributed by atoms with van der Waals surface area (Å²) in [6, 6.07) is 12.7. The first-order valence-corrected chi connectivity index (χ1v) is 9.16. The van der Waals surface area contributed by atoms with Crippen LogP contribution in [-0.2, 0) is 4.74 Å². The van der Waals surface area contributed by atoms with Crippen LogP contribution in [0.1, 0.15) is 15.9 Å². The van der Waals surface area contributed by atoms with Crippen molar-refractivity contribution < 1.29 is 18.3 Å². The molecule has 0 spiro atoms. The minimum absolute atomic E-state index is 0.0397. The molecule has 3 aromatic carbocycles. The molecule has 0 aliphatic carbocycles. The molecule has 0 saturated carbocycles. The highest BCUT2D eigenvalue weighted by atomic mass is 19.1. The number of aryl methyl sites for hydroxylation is 1. The first-order chi connectivity index (χ1) is 13.5. The van der Waals surface area contributed by atoms with E-state index in [9.17, 15) is 13.6 Å². The molecule has 1 fully saturated rings. The van der Waals surface area contributed by atoms with Crippen LogP contribution >= 0.6 is 0 Å². The highest BCUT2D eigenvalue weighted by molar-refractivity contribution is 6.11. The number of anilines is 2. The lowest BCUT2D eigenvalue weighted by atomic mass is 9.97. The Balaban J connectivity index is 1.78. The summed E-state index contributed by atoms with van der Waals surface area (Å²) < 4.78 is 32.6. The molecule has 144 valence electrons. The van der Waals surface area contributed by atoms with Crippen LogP contribution in [0.15, 0.2) is 48.5 Å². The van der Waals surface area contributed by atoms with Crippen molar-refractivity contribution in [2.24, 2.45) is 0 Å². The Morgan fingerprint density at radius 2 is 1.79 bits per heavy atom. The molecule has 0 bridgehead atoms. The summed E-state index contributed by atoms with van der Waals surface area (Å²) in [6.07, 6.45) is 0. The Morgan fingerprint density at radius 1 is 1.04 bits per heavy atom. The largest absolute Gasteiger partial charge is 0.378 e. The molecular formula is C22H20F2N2O2. The van der Waals surface area contributed by atoms with Gasteiger partial charge >= 0.3 is 0 Å². The van der Waals surface area contributed by atoms with Crippen LogP contribution in [0.25, 0.3) is 10.8 Å². The van der Waals surface area contributed by atoms with Crippen LogP contribution in [0, 0.1) is 18.6 Å². The maximum absolute atomic E-state index is 14.1. The lowest BCUT2D eigenvalue weighted by Crippen LogP contribution is -2.40. The van der Waals surface area contributed by atoms with Gasteiger partial charge in [0.05, 0.1) is 18.9 Å². The zero-order valence-corrected chi connectivity index (χ0v) is 15.5. The second-order valence-electron chi connectivity index (χ2n) is 6.81. The fraction of sp³-hybridized carbons (Fsp3) is 0.227. The van der Waals surface area contributed by atoms with Gasteiger partial charge in [0.15, 0.2) is 0 Å². The average Bonchev–Trinajstić information content (AvgIpc) is 2.70. The van der Waals surface area contributed by atoms with Crippen molar-refractivity contribution in [3.63, 3.8) is 0 Å². The van der Waals surface area contributed by atoms with E-state index in [1.807, 2.05) is 25.1 Å². The number of rotatable bonds is 3. The highest BCUT2D eigenvalue weighted by Crippen LogP contribution is 2.33.